The number of carboxylic acids is 1. The van der Waals surface area contributed by atoms with Crippen LogP contribution in [0.1, 0.15) is 52.4 Å². The van der Waals surface area contributed by atoms with Gasteiger partial charge in [-0.3, -0.25) is 4.79 Å². The van der Waals surface area contributed by atoms with Crippen molar-refractivity contribution in [3.05, 3.63) is 12.2 Å². The van der Waals surface area contributed by atoms with Gasteiger partial charge in [0, 0.05) is 13.7 Å². The number of aliphatic carboxylic acids is 1. The van der Waals surface area contributed by atoms with Crippen molar-refractivity contribution in [2.24, 2.45) is 5.73 Å². The van der Waals surface area contributed by atoms with E-state index in [1.54, 1.807) is 7.11 Å². The van der Waals surface area contributed by atoms with Crippen LogP contribution in [0.2, 0.25) is 0 Å². The Hall–Kier alpha value is -1.69. The van der Waals surface area contributed by atoms with Crippen molar-refractivity contribution in [1.82, 2.24) is 0 Å². The Bertz CT molecular complexity index is 558. The molecule has 0 aromatic carbocycles. The van der Waals surface area contributed by atoms with E-state index in [1.165, 1.54) is 25.7 Å². The first-order valence-electron chi connectivity index (χ1n) is 10.7. The third-order valence-corrected chi connectivity index (χ3v) is 4.60. The van der Waals surface area contributed by atoms with Gasteiger partial charge in [-0.05, 0) is 19.8 Å². The minimum atomic E-state index is -5.08. The van der Waals surface area contributed by atoms with Crippen molar-refractivity contribution < 1.29 is 46.8 Å². The Morgan fingerprint density at radius 2 is 1.78 bits per heavy atom. The lowest BCUT2D eigenvalue weighted by atomic mass is 9.98. The van der Waals surface area contributed by atoms with Crippen LogP contribution in [0, 0.1) is 0 Å². The summed E-state index contributed by atoms with van der Waals surface area (Å²) in [4.78, 5) is 20.6. The molecule has 0 unspecified atom stereocenters. The van der Waals surface area contributed by atoms with Crippen LogP contribution in [0.5, 0.6) is 0 Å². The van der Waals surface area contributed by atoms with E-state index in [0.29, 0.717) is 13.2 Å². The number of allylic oxidation sites excluding steroid dienone is 1. The molecule has 0 aromatic heterocycles. The van der Waals surface area contributed by atoms with Gasteiger partial charge in [-0.25, -0.2) is 4.79 Å². The van der Waals surface area contributed by atoms with E-state index in [1.807, 2.05) is 13.0 Å². The molecule has 188 valence electrons. The first kappa shape index (κ1) is 30.3. The highest BCUT2D eigenvalue weighted by Gasteiger charge is 2.42. The summed E-state index contributed by atoms with van der Waals surface area (Å²) < 4.78 is 54.3. The minimum Gasteiger partial charge on any atom is -0.475 e. The maximum absolute atomic E-state index is 11.7. The van der Waals surface area contributed by atoms with Gasteiger partial charge < -0.3 is 29.8 Å². The number of unbranched alkanes of at least 4 members (excludes halogenated alkanes) is 5. The molecule has 0 radical (unpaired) electrons. The minimum absolute atomic E-state index is 0.167. The Morgan fingerprint density at radius 3 is 2.28 bits per heavy atom. The first-order valence-corrected chi connectivity index (χ1v) is 10.7. The van der Waals surface area contributed by atoms with Crippen molar-refractivity contribution in [3.63, 3.8) is 0 Å². The summed E-state index contributed by atoms with van der Waals surface area (Å²) >= 11 is 0. The van der Waals surface area contributed by atoms with Crippen LogP contribution in [-0.4, -0.2) is 74.5 Å². The van der Waals surface area contributed by atoms with Gasteiger partial charge in [0.05, 0.1) is 13.2 Å². The van der Waals surface area contributed by atoms with Crippen LogP contribution >= 0.6 is 0 Å². The number of alkyl halides is 3. The molecule has 0 spiro atoms. The molecule has 0 aliphatic carbocycles. The van der Waals surface area contributed by atoms with Gasteiger partial charge in [-0.15, -0.1) is 0 Å². The van der Waals surface area contributed by atoms with Crippen molar-refractivity contribution in [3.8, 4) is 0 Å². The molecule has 1 aliphatic heterocycles. The number of ether oxygens (including phenoxy) is 4. The number of hydrogen-bond donors (Lipinski definition) is 2. The second kappa shape index (κ2) is 16.9. The van der Waals surface area contributed by atoms with Gasteiger partial charge in [0.1, 0.15) is 18.3 Å². The predicted molar refractivity (Wildman–Crippen MR) is 111 cm³/mol. The van der Waals surface area contributed by atoms with E-state index >= 15 is 0 Å². The lowest BCUT2D eigenvalue weighted by Gasteiger charge is -2.40. The molecule has 0 saturated carbocycles. The zero-order valence-electron chi connectivity index (χ0n) is 18.9. The van der Waals surface area contributed by atoms with Crippen molar-refractivity contribution >= 4 is 11.9 Å². The summed E-state index contributed by atoms with van der Waals surface area (Å²) in [7, 11) is 1.60. The second-order valence-corrected chi connectivity index (χ2v) is 7.08. The standard InChI is InChI=1S/C19H35NO5.C2HF3O2/c1-4-6-7-8-9-10-11-12-15-19(25-17(21)13-20)18(22-3)16(14-24-15)23-5-2;3-2(4,5)1(6)7/h11-12,15-16,18-19H,4-10,13-14,20H2,1-3H3;(H,6,7)/t15-,16+,18-,19+;/m0./s1. The fraction of sp³-hybridized carbons (Fsp3) is 0.810. The predicted octanol–water partition coefficient (Wildman–Crippen LogP) is 3.23. The number of carbonyl (C=O) groups excluding carboxylic acids is 1. The summed E-state index contributed by atoms with van der Waals surface area (Å²) in [5.74, 6) is -3.22. The van der Waals surface area contributed by atoms with E-state index < -0.39 is 24.2 Å². The van der Waals surface area contributed by atoms with Crippen LogP contribution in [-0.2, 0) is 28.5 Å². The number of hydrogen-bond acceptors (Lipinski definition) is 7. The molecule has 8 nitrogen and oxygen atoms in total. The molecule has 0 amide bonds. The summed E-state index contributed by atoms with van der Waals surface area (Å²) in [5.41, 5.74) is 5.39. The Morgan fingerprint density at radius 1 is 1.16 bits per heavy atom. The molecule has 11 heteroatoms. The van der Waals surface area contributed by atoms with Crippen LogP contribution in [0.3, 0.4) is 0 Å². The van der Waals surface area contributed by atoms with Crippen LogP contribution < -0.4 is 5.73 Å². The molecule has 1 rings (SSSR count). The third-order valence-electron chi connectivity index (χ3n) is 4.60. The average Bonchev–Trinajstić information content (AvgIpc) is 2.74. The fourth-order valence-corrected chi connectivity index (χ4v) is 3.03. The number of esters is 1. The highest BCUT2D eigenvalue weighted by atomic mass is 19.4. The normalized spacial score (nSPS) is 23.5. The number of carbonyl (C=O) groups is 2. The molecule has 1 saturated heterocycles. The van der Waals surface area contributed by atoms with Crippen LogP contribution in [0.4, 0.5) is 13.2 Å². The maximum Gasteiger partial charge on any atom is 0.490 e. The van der Waals surface area contributed by atoms with Crippen LogP contribution in [0.25, 0.3) is 0 Å². The highest BCUT2D eigenvalue weighted by molar-refractivity contribution is 5.73. The first-order chi connectivity index (χ1) is 15.1. The number of rotatable bonds is 12. The lowest BCUT2D eigenvalue weighted by Crippen LogP contribution is -2.56. The number of methoxy groups -OCH3 is 1. The van der Waals surface area contributed by atoms with E-state index in [-0.39, 0.29) is 24.9 Å². The number of halogens is 3. The van der Waals surface area contributed by atoms with Gasteiger partial charge in [-0.2, -0.15) is 13.2 Å². The quantitative estimate of drug-likeness (QED) is 0.253. The zero-order valence-corrected chi connectivity index (χ0v) is 18.9. The van der Waals surface area contributed by atoms with E-state index in [9.17, 15) is 18.0 Å². The molecule has 0 bridgehead atoms. The fourth-order valence-electron chi connectivity index (χ4n) is 3.03. The monoisotopic (exact) mass is 471 g/mol. The Balaban J connectivity index is 0.00000118. The Labute approximate surface area is 187 Å². The van der Waals surface area contributed by atoms with Gasteiger partial charge in [0.2, 0.25) is 0 Å². The molecular weight excluding hydrogens is 435 g/mol. The van der Waals surface area contributed by atoms with Crippen LogP contribution in [0.15, 0.2) is 12.2 Å². The summed E-state index contributed by atoms with van der Waals surface area (Å²) in [6.45, 7) is 4.92. The lowest BCUT2D eigenvalue weighted by molar-refractivity contribution is -0.213. The third kappa shape index (κ3) is 12.4. The van der Waals surface area contributed by atoms with E-state index in [0.717, 1.165) is 12.8 Å². The van der Waals surface area contributed by atoms with Gasteiger partial charge in [-0.1, -0.05) is 44.8 Å². The van der Waals surface area contributed by atoms with E-state index in [4.69, 9.17) is 34.6 Å². The van der Waals surface area contributed by atoms with Gasteiger partial charge in [0.15, 0.2) is 6.10 Å². The zero-order chi connectivity index (χ0) is 24.6. The van der Waals surface area contributed by atoms with Gasteiger partial charge >= 0.3 is 18.1 Å². The molecule has 32 heavy (non-hydrogen) atoms. The number of carboxylic acid groups (broad SMARTS) is 1. The molecule has 0 aromatic rings. The molecular formula is C21H36F3NO7. The topological polar surface area (TPSA) is 117 Å². The van der Waals surface area contributed by atoms with Gasteiger partial charge in [0.25, 0.3) is 0 Å². The van der Waals surface area contributed by atoms with E-state index in [2.05, 4.69) is 13.0 Å². The van der Waals surface area contributed by atoms with Crippen molar-refractivity contribution in [2.45, 2.75) is 83.0 Å². The highest BCUT2D eigenvalue weighted by Crippen LogP contribution is 2.24. The molecule has 1 heterocycles. The maximum atomic E-state index is 11.7. The molecule has 1 fully saturated rings. The summed E-state index contributed by atoms with van der Waals surface area (Å²) in [6, 6.07) is 0. The molecule has 1 aliphatic rings. The summed E-state index contributed by atoms with van der Waals surface area (Å²) in [6.07, 6.45) is 4.68. The largest absolute Gasteiger partial charge is 0.490 e. The molecule has 3 N–H and O–H groups in total. The van der Waals surface area contributed by atoms with Crippen molar-refractivity contribution in [1.29, 1.82) is 0 Å². The van der Waals surface area contributed by atoms with Crippen molar-refractivity contribution in [2.75, 3.05) is 26.9 Å². The second-order valence-electron chi connectivity index (χ2n) is 7.08. The average molecular weight is 472 g/mol. The number of nitrogens with two attached hydrogens (primary N) is 1. The molecule has 4 atom stereocenters. The SMILES string of the molecule is CCCCCCCC=C[C@@H]1OC[C@@H](OCC)[C@H](OC)[C@@H]1OC(=O)CN.O=C(O)C(F)(F)F. The summed E-state index contributed by atoms with van der Waals surface area (Å²) in [5, 5.41) is 7.12. The smallest absolute Gasteiger partial charge is 0.475 e. The Kier molecular flexibility index (Phi) is 16.0.